The van der Waals surface area contributed by atoms with Crippen LogP contribution in [0, 0.1) is 0 Å². The van der Waals surface area contributed by atoms with Crippen molar-refractivity contribution in [3.63, 3.8) is 0 Å². The highest BCUT2D eigenvalue weighted by Gasteiger charge is 2.12. The third-order valence-electron chi connectivity index (χ3n) is 3.64. The Hall–Kier alpha value is -3.74. The number of amides is 1. The van der Waals surface area contributed by atoms with Crippen LogP contribution in [0.25, 0.3) is 11.4 Å². The van der Waals surface area contributed by atoms with Crippen molar-refractivity contribution in [2.75, 3.05) is 5.32 Å². The average Bonchev–Trinajstić information content (AvgIpc) is 2.62. The lowest BCUT2D eigenvalue weighted by atomic mass is 10.1. The van der Waals surface area contributed by atoms with Gasteiger partial charge >= 0.3 is 5.97 Å². The minimum absolute atomic E-state index is 0.0479. The number of benzene rings is 1. The Labute approximate surface area is 148 Å². The summed E-state index contributed by atoms with van der Waals surface area (Å²) in [5.41, 5.74) is 1.49. The van der Waals surface area contributed by atoms with E-state index in [9.17, 15) is 14.4 Å². The molecule has 26 heavy (non-hydrogen) atoms. The number of aromatic amines is 1. The van der Waals surface area contributed by atoms with Crippen molar-refractivity contribution in [3.05, 3.63) is 82.3 Å². The van der Waals surface area contributed by atoms with Gasteiger partial charge in [-0.3, -0.25) is 19.4 Å². The van der Waals surface area contributed by atoms with Gasteiger partial charge in [0.15, 0.2) is 0 Å². The Bertz CT molecular complexity index is 1010. The molecule has 0 atom stereocenters. The molecule has 3 N–H and O–H groups in total. The molecule has 2 aromatic heterocycles. The number of carbonyl (C=O) groups is 2. The zero-order valence-corrected chi connectivity index (χ0v) is 13.6. The Morgan fingerprint density at radius 3 is 2.62 bits per heavy atom. The van der Waals surface area contributed by atoms with Gasteiger partial charge in [-0.05, 0) is 42.0 Å². The van der Waals surface area contributed by atoms with E-state index in [2.05, 4.69) is 15.3 Å². The highest BCUT2D eigenvalue weighted by molar-refractivity contribution is 6.04. The van der Waals surface area contributed by atoms with E-state index in [1.807, 2.05) is 0 Å². The summed E-state index contributed by atoms with van der Waals surface area (Å²) in [6.07, 6.45) is 1.46. The van der Waals surface area contributed by atoms with E-state index in [0.717, 1.165) is 0 Å². The monoisotopic (exact) mass is 349 g/mol. The number of aliphatic carboxylic acids is 1. The highest BCUT2D eigenvalue weighted by atomic mass is 16.4. The molecule has 2 heterocycles. The molecule has 1 aromatic carbocycles. The zero-order valence-electron chi connectivity index (χ0n) is 13.6. The molecule has 0 fully saturated rings. The summed E-state index contributed by atoms with van der Waals surface area (Å²) in [7, 11) is 0. The summed E-state index contributed by atoms with van der Waals surface area (Å²) in [6, 6.07) is 14.8. The number of H-pyrrole nitrogens is 1. The predicted octanol–water partition coefficient (Wildman–Crippen LogP) is 2.32. The molecule has 0 bridgehead atoms. The lowest BCUT2D eigenvalue weighted by molar-refractivity contribution is -0.136. The number of hydrogen-bond donors (Lipinski definition) is 3. The first-order valence-corrected chi connectivity index (χ1v) is 7.80. The molecule has 0 aliphatic rings. The van der Waals surface area contributed by atoms with Gasteiger partial charge in [-0.2, -0.15) is 0 Å². The van der Waals surface area contributed by atoms with Gasteiger partial charge in [-0.25, -0.2) is 0 Å². The fourth-order valence-electron chi connectivity index (χ4n) is 2.46. The molecule has 0 saturated heterocycles. The number of aromatic nitrogens is 2. The highest BCUT2D eigenvalue weighted by Crippen LogP contribution is 2.14. The Balaban J connectivity index is 1.80. The van der Waals surface area contributed by atoms with Crippen LogP contribution in [0.2, 0.25) is 0 Å². The van der Waals surface area contributed by atoms with E-state index in [1.54, 1.807) is 54.7 Å². The largest absolute Gasteiger partial charge is 0.481 e. The minimum atomic E-state index is -0.963. The van der Waals surface area contributed by atoms with Crippen molar-refractivity contribution in [2.24, 2.45) is 0 Å². The lowest BCUT2D eigenvalue weighted by Gasteiger charge is -2.07. The fraction of sp³-hybridized carbons (Fsp3) is 0.0526. The molecule has 7 heteroatoms. The number of nitrogens with zero attached hydrogens (tertiary/aromatic N) is 1. The summed E-state index contributed by atoms with van der Waals surface area (Å²) >= 11 is 0. The lowest BCUT2D eigenvalue weighted by Crippen LogP contribution is -2.23. The second-order valence-corrected chi connectivity index (χ2v) is 5.55. The van der Waals surface area contributed by atoms with Crippen LogP contribution in [0.1, 0.15) is 15.9 Å². The van der Waals surface area contributed by atoms with Crippen LogP contribution in [0.4, 0.5) is 5.69 Å². The molecule has 0 unspecified atom stereocenters. The van der Waals surface area contributed by atoms with Crippen LogP contribution < -0.4 is 10.9 Å². The van der Waals surface area contributed by atoms with Crippen molar-refractivity contribution in [1.82, 2.24) is 9.97 Å². The zero-order chi connectivity index (χ0) is 18.5. The molecule has 0 spiro atoms. The maximum absolute atomic E-state index is 12.4. The van der Waals surface area contributed by atoms with Crippen LogP contribution in [-0.2, 0) is 11.2 Å². The Morgan fingerprint density at radius 1 is 1.08 bits per heavy atom. The van der Waals surface area contributed by atoms with Crippen LogP contribution in [-0.4, -0.2) is 27.0 Å². The van der Waals surface area contributed by atoms with Crippen molar-refractivity contribution < 1.29 is 14.7 Å². The van der Waals surface area contributed by atoms with Gasteiger partial charge in [-0.15, -0.1) is 0 Å². The second-order valence-electron chi connectivity index (χ2n) is 5.55. The van der Waals surface area contributed by atoms with Crippen LogP contribution in [0.3, 0.4) is 0 Å². The first kappa shape index (κ1) is 17.1. The summed E-state index contributed by atoms with van der Waals surface area (Å²) in [5, 5.41) is 11.4. The number of anilines is 1. The molecule has 0 radical (unpaired) electrons. The van der Waals surface area contributed by atoms with E-state index in [4.69, 9.17) is 5.11 Å². The van der Waals surface area contributed by atoms with Gasteiger partial charge in [0, 0.05) is 11.9 Å². The summed E-state index contributed by atoms with van der Waals surface area (Å²) in [5.74, 6) is -1.54. The van der Waals surface area contributed by atoms with E-state index in [-0.39, 0.29) is 12.0 Å². The maximum atomic E-state index is 12.4. The van der Waals surface area contributed by atoms with Gasteiger partial charge in [0.25, 0.3) is 11.5 Å². The van der Waals surface area contributed by atoms with Gasteiger partial charge in [0.2, 0.25) is 0 Å². The van der Waals surface area contributed by atoms with E-state index in [0.29, 0.717) is 22.6 Å². The van der Waals surface area contributed by atoms with Crippen molar-refractivity contribution >= 4 is 17.6 Å². The third kappa shape index (κ3) is 4.02. The van der Waals surface area contributed by atoms with Gasteiger partial charge in [-0.1, -0.05) is 18.2 Å². The van der Waals surface area contributed by atoms with Crippen molar-refractivity contribution in [3.8, 4) is 11.4 Å². The molecule has 0 aliphatic carbocycles. The molecule has 7 nitrogen and oxygen atoms in total. The molecule has 130 valence electrons. The first-order valence-electron chi connectivity index (χ1n) is 7.80. The predicted molar refractivity (Wildman–Crippen MR) is 96.0 cm³/mol. The fourth-order valence-corrected chi connectivity index (χ4v) is 2.46. The number of pyridine rings is 2. The molecule has 0 saturated carbocycles. The normalized spacial score (nSPS) is 10.3. The van der Waals surface area contributed by atoms with Crippen LogP contribution in [0.5, 0.6) is 0 Å². The standard InChI is InChI=1S/C19H15N3O4/c23-17(24)11-12-4-3-5-13(10-12)21-18(25)14-7-8-16(22-19(14)26)15-6-1-2-9-20-15/h1-10H,11H2,(H,21,25)(H,22,26)(H,23,24). The molecule has 3 rings (SSSR count). The molecule has 0 aliphatic heterocycles. The molecule has 1 amide bonds. The van der Waals surface area contributed by atoms with Crippen LogP contribution >= 0.6 is 0 Å². The quantitative estimate of drug-likeness (QED) is 0.654. The van der Waals surface area contributed by atoms with E-state index >= 15 is 0 Å². The number of carboxylic acid groups (broad SMARTS) is 1. The topological polar surface area (TPSA) is 112 Å². The molecular weight excluding hydrogens is 334 g/mol. The molecule has 3 aromatic rings. The van der Waals surface area contributed by atoms with Gasteiger partial charge in [0.05, 0.1) is 17.8 Å². The number of rotatable bonds is 5. The van der Waals surface area contributed by atoms with Gasteiger partial charge < -0.3 is 15.4 Å². The third-order valence-corrected chi connectivity index (χ3v) is 3.64. The smallest absolute Gasteiger partial charge is 0.307 e. The van der Waals surface area contributed by atoms with Crippen molar-refractivity contribution in [2.45, 2.75) is 6.42 Å². The summed E-state index contributed by atoms with van der Waals surface area (Å²) in [4.78, 5) is 42.2. The van der Waals surface area contributed by atoms with E-state index < -0.39 is 17.4 Å². The number of carbonyl (C=O) groups excluding carboxylic acids is 1. The number of nitrogens with one attached hydrogen (secondary N) is 2. The molecular formula is C19H15N3O4. The Morgan fingerprint density at radius 2 is 1.92 bits per heavy atom. The number of hydrogen-bond acceptors (Lipinski definition) is 4. The summed E-state index contributed by atoms with van der Waals surface area (Å²) < 4.78 is 0. The van der Waals surface area contributed by atoms with Crippen molar-refractivity contribution in [1.29, 1.82) is 0 Å². The minimum Gasteiger partial charge on any atom is -0.481 e. The SMILES string of the molecule is O=C(O)Cc1cccc(NC(=O)c2ccc(-c3ccccn3)[nH]c2=O)c1. The van der Waals surface area contributed by atoms with Crippen LogP contribution in [0.15, 0.2) is 65.6 Å². The Kier molecular flexibility index (Phi) is 4.89. The second kappa shape index (κ2) is 7.43. The van der Waals surface area contributed by atoms with E-state index in [1.165, 1.54) is 6.07 Å². The maximum Gasteiger partial charge on any atom is 0.307 e. The first-order chi connectivity index (χ1) is 12.5. The van der Waals surface area contributed by atoms with Gasteiger partial charge in [0.1, 0.15) is 5.56 Å². The number of carboxylic acids is 1. The average molecular weight is 349 g/mol. The summed E-state index contributed by atoms with van der Waals surface area (Å²) in [6.45, 7) is 0.